The number of rotatable bonds is 5. The van der Waals surface area contributed by atoms with Crippen LogP contribution in [0.5, 0.6) is 5.75 Å². The minimum Gasteiger partial charge on any atom is -0.497 e. The first-order chi connectivity index (χ1) is 13.2. The number of hydrogen-bond donors (Lipinski definition) is 1. The summed E-state index contributed by atoms with van der Waals surface area (Å²) in [5.41, 5.74) is 9.39. The molecule has 2 atom stereocenters. The van der Waals surface area contributed by atoms with E-state index in [1.54, 1.807) is 7.11 Å². The number of ether oxygens (including phenoxy) is 1. The number of benzene rings is 3. The monoisotopic (exact) mass is 358 g/mol. The Morgan fingerprint density at radius 1 is 0.852 bits per heavy atom. The van der Waals surface area contributed by atoms with Crippen LogP contribution in [0.4, 0.5) is 0 Å². The smallest absolute Gasteiger partial charge is 0.243 e. The SMILES string of the molecule is COc1ccc([C@H]2[C@@H](N)C(=O)N2C(c2ccccc2)c2ccccc2)cc1. The van der Waals surface area contributed by atoms with Crippen molar-refractivity contribution in [3.63, 3.8) is 0 Å². The molecule has 0 unspecified atom stereocenters. The number of likely N-dealkylation sites (tertiary alicyclic amines) is 1. The van der Waals surface area contributed by atoms with Crippen molar-refractivity contribution >= 4 is 5.91 Å². The van der Waals surface area contributed by atoms with Crippen molar-refractivity contribution in [2.45, 2.75) is 18.1 Å². The van der Waals surface area contributed by atoms with Crippen molar-refractivity contribution in [3.8, 4) is 5.75 Å². The molecule has 0 bridgehead atoms. The van der Waals surface area contributed by atoms with E-state index in [0.717, 1.165) is 22.4 Å². The largest absolute Gasteiger partial charge is 0.497 e. The Hall–Kier alpha value is -3.11. The fraction of sp³-hybridized carbons (Fsp3) is 0.174. The van der Waals surface area contributed by atoms with E-state index in [0.29, 0.717) is 0 Å². The molecule has 27 heavy (non-hydrogen) atoms. The summed E-state index contributed by atoms with van der Waals surface area (Å²) in [7, 11) is 1.64. The molecule has 1 fully saturated rings. The molecule has 1 amide bonds. The highest BCUT2D eigenvalue weighted by molar-refractivity contribution is 5.90. The van der Waals surface area contributed by atoms with Crippen LogP contribution in [0.15, 0.2) is 84.9 Å². The van der Waals surface area contributed by atoms with Gasteiger partial charge in [-0.05, 0) is 28.8 Å². The van der Waals surface area contributed by atoms with Gasteiger partial charge < -0.3 is 15.4 Å². The second kappa shape index (κ2) is 7.25. The van der Waals surface area contributed by atoms with E-state index in [-0.39, 0.29) is 18.0 Å². The van der Waals surface area contributed by atoms with Crippen LogP contribution in [0.2, 0.25) is 0 Å². The lowest BCUT2D eigenvalue weighted by Gasteiger charge is -2.50. The summed E-state index contributed by atoms with van der Waals surface area (Å²) in [6, 6.07) is 27.1. The summed E-state index contributed by atoms with van der Waals surface area (Å²) in [6.07, 6.45) is 0. The molecule has 0 radical (unpaired) electrons. The van der Waals surface area contributed by atoms with Crippen LogP contribution in [0.25, 0.3) is 0 Å². The van der Waals surface area contributed by atoms with Crippen LogP contribution in [0.3, 0.4) is 0 Å². The lowest BCUT2D eigenvalue weighted by atomic mass is 9.83. The zero-order valence-electron chi connectivity index (χ0n) is 15.2. The van der Waals surface area contributed by atoms with Crippen molar-refractivity contribution in [3.05, 3.63) is 102 Å². The third-order valence-electron chi connectivity index (χ3n) is 5.15. The molecule has 4 heteroatoms. The number of β-lactam (4-membered cyclic amide) rings is 1. The highest BCUT2D eigenvalue weighted by atomic mass is 16.5. The summed E-state index contributed by atoms with van der Waals surface area (Å²) < 4.78 is 5.25. The number of nitrogens with two attached hydrogens (primary N) is 1. The van der Waals surface area contributed by atoms with Crippen LogP contribution in [0, 0.1) is 0 Å². The van der Waals surface area contributed by atoms with Crippen molar-refractivity contribution in [1.82, 2.24) is 4.90 Å². The predicted molar refractivity (Wildman–Crippen MR) is 105 cm³/mol. The van der Waals surface area contributed by atoms with Gasteiger partial charge in [0.05, 0.1) is 19.2 Å². The number of carbonyl (C=O) groups excluding carboxylic acids is 1. The van der Waals surface area contributed by atoms with Gasteiger partial charge in [0.25, 0.3) is 0 Å². The molecule has 1 aliphatic heterocycles. The average Bonchev–Trinajstić information content (AvgIpc) is 2.75. The summed E-state index contributed by atoms with van der Waals surface area (Å²) in [5, 5.41) is 0. The second-order valence-corrected chi connectivity index (χ2v) is 6.71. The number of methoxy groups -OCH3 is 1. The summed E-state index contributed by atoms with van der Waals surface area (Å²) >= 11 is 0. The van der Waals surface area contributed by atoms with Gasteiger partial charge in [0.1, 0.15) is 11.8 Å². The molecule has 1 aliphatic rings. The van der Waals surface area contributed by atoms with E-state index < -0.39 is 6.04 Å². The predicted octanol–water partition coefficient (Wildman–Crippen LogP) is 3.70. The lowest BCUT2D eigenvalue weighted by Crippen LogP contribution is -2.63. The zero-order chi connectivity index (χ0) is 18.8. The van der Waals surface area contributed by atoms with Crippen LogP contribution >= 0.6 is 0 Å². The molecule has 1 heterocycles. The maximum atomic E-state index is 12.8. The van der Waals surface area contributed by atoms with E-state index in [9.17, 15) is 4.79 Å². The first-order valence-corrected chi connectivity index (χ1v) is 9.02. The Labute approximate surface area is 159 Å². The average molecular weight is 358 g/mol. The molecule has 0 aliphatic carbocycles. The lowest BCUT2D eigenvalue weighted by molar-refractivity contribution is -0.152. The van der Waals surface area contributed by atoms with Gasteiger partial charge >= 0.3 is 0 Å². The van der Waals surface area contributed by atoms with Gasteiger partial charge in [0, 0.05) is 0 Å². The van der Waals surface area contributed by atoms with E-state index in [1.165, 1.54) is 0 Å². The summed E-state index contributed by atoms with van der Waals surface area (Å²) in [6.45, 7) is 0. The number of hydrogen-bond acceptors (Lipinski definition) is 3. The van der Waals surface area contributed by atoms with Crippen molar-refractivity contribution < 1.29 is 9.53 Å². The maximum absolute atomic E-state index is 12.8. The fourth-order valence-electron chi connectivity index (χ4n) is 3.78. The topological polar surface area (TPSA) is 55.6 Å². The molecule has 3 aromatic carbocycles. The maximum Gasteiger partial charge on any atom is 0.243 e. The van der Waals surface area contributed by atoms with Crippen LogP contribution in [-0.2, 0) is 4.79 Å². The molecular formula is C23H22N2O2. The van der Waals surface area contributed by atoms with E-state index in [4.69, 9.17) is 10.5 Å². The van der Waals surface area contributed by atoms with Gasteiger partial charge in [0.2, 0.25) is 5.91 Å². The van der Waals surface area contributed by atoms with Crippen molar-refractivity contribution in [1.29, 1.82) is 0 Å². The quantitative estimate of drug-likeness (QED) is 0.708. The number of nitrogens with zero attached hydrogens (tertiary/aromatic N) is 1. The normalized spacial score (nSPS) is 19.1. The third-order valence-corrected chi connectivity index (χ3v) is 5.15. The Morgan fingerprint density at radius 2 is 1.37 bits per heavy atom. The Balaban J connectivity index is 1.76. The van der Waals surface area contributed by atoms with Gasteiger partial charge in [-0.25, -0.2) is 0 Å². The molecule has 4 rings (SSSR count). The summed E-state index contributed by atoms with van der Waals surface area (Å²) in [4.78, 5) is 14.7. The summed E-state index contributed by atoms with van der Waals surface area (Å²) in [5.74, 6) is 0.751. The fourth-order valence-corrected chi connectivity index (χ4v) is 3.78. The molecule has 2 N–H and O–H groups in total. The van der Waals surface area contributed by atoms with Crippen LogP contribution < -0.4 is 10.5 Å². The van der Waals surface area contributed by atoms with Gasteiger partial charge in [-0.1, -0.05) is 72.8 Å². The van der Waals surface area contributed by atoms with Crippen molar-refractivity contribution in [2.24, 2.45) is 5.73 Å². The van der Waals surface area contributed by atoms with Gasteiger partial charge in [0.15, 0.2) is 0 Å². The Morgan fingerprint density at radius 3 is 1.85 bits per heavy atom. The third kappa shape index (κ3) is 3.09. The number of carbonyl (C=O) groups is 1. The van der Waals surface area contributed by atoms with Crippen LogP contribution in [-0.4, -0.2) is 24.0 Å². The van der Waals surface area contributed by atoms with Gasteiger partial charge in [-0.15, -0.1) is 0 Å². The van der Waals surface area contributed by atoms with E-state index >= 15 is 0 Å². The van der Waals surface area contributed by atoms with E-state index in [1.807, 2.05) is 65.6 Å². The molecule has 0 saturated carbocycles. The Kier molecular flexibility index (Phi) is 4.65. The first-order valence-electron chi connectivity index (χ1n) is 9.02. The highest BCUT2D eigenvalue weighted by Gasteiger charge is 2.49. The molecule has 4 nitrogen and oxygen atoms in total. The Bertz CT molecular complexity index is 871. The first kappa shape index (κ1) is 17.3. The second-order valence-electron chi connectivity index (χ2n) is 6.71. The zero-order valence-corrected chi connectivity index (χ0v) is 15.2. The molecule has 1 saturated heterocycles. The van der Waals surface area contributed by atoms with E-state index in [2.05, 4.69) is 24.3 Å². The van der Waals surface area contributed by atoms with Gasteiger partial charge in [-0.3, -0.25) is 4.79 Å². The van der Waals surface area contributed by atoms with Crippen molar-refractivity contribution in [2.75, 3.05) is 7.11 Å². The molecule has 0 spiro atoms. The van der Waals surface area contributed by atoms with Crippen LogP contribution in [0.1, 0.15) is 28.8 Å². The van der Waals surface area contributed by atoms with Gasteiger partial charge in [-0.2, -0.15) is 0 Å². The molecule has 3 aromatic rings. The molecule has 0 aromatic heterocycles. The highest BCUT2D eigenvalue weighted by Crippen LogP contribution is 2.43. The minimum atomic E-state index is -0.534. The molecule has 136 valence electrons. The minimum absolute atomic E-state index is 0.0338. The molecular weight excluding hydrogens is 336 g/mol. The standard InChI is InChI=1S/C23H22N2O2/c1-27-19-14-12-18(13-15-19)22-20(24)23(26)25(22)21(16-8-4-2-5-9-16)17-10-6-3-7-11-17/h2-15,20-22H,24H2,1H3/t20-,22+/m1/s1. The number of amides is 1.